The Morgan fingerprint density at radius 2 is 1.60 bits per heavy atom. The van der Waals surface area contributed by atoms with E-state index in [9.17, 15) is 4.79 Å². The molecule has 4 heteroatoms. The lowest BCUT2D eigenvalue weighted by Crippen LogP contribution is -1.99. The normalized spacial score (nSPS) is 11.0. The van der Waals surface area contributed by atoms with Crippen LogP contribution in [0, 0.1) is 20.8 Å². The maximum atomic E-state index is 12.0. The van der Waals surface area contributed by atoms with Crippen LogP contribution < -0.4 is 0 Å². The number of ketones is 1. The Hall–Kier alpha value is -2.00. The largest absolute Gasteiger partial charge is 0.289 e. The van der Waals surface area contributed by atoms with Gasteiger partial charge >= 0.3 is 0 Å². The lowest BCUT2D eigenvalue weighted by molar-refractivity contribution is 0.104. The third-order valence-corrected chi connectivity index (χ3v) is 3.29. The van der Waals surface area contributed by atoms with E-state index in [0.717, 1.165) is 22.8 Å². The molecule has 0 N–H and O–H groups in total. The molecule has 2 aromatic rings. The minimum atomic E-state index is -0.0823. The van der Waals surface area contributed by atoms with E-state index < -0.39 is 0 Å². The van der Waals surface area contributed by atoms with Crippen molar-refractivity contribution in [2.24, 2.45) is 0 Å². The van der Waals surface area contributed by atoms with Crippen molar-refractivity contribution in [2.45, 2.75) is 20.8 Å². The third kappa shape index (κ3) is 3.31. The third-order valence-electron chi connectivity index (χ3n) is 3.04. The molecule has 0 aliphatic heterocycles. The van der Waals surface area contributed by atoms with Crippen LogP contribution in [0.2, 0.25) is 5.02 Å². The maximum Gasteiger partial charge on any atom is 0.185 e. The fraction of sp³-hybridized carbons (Fsp3) is 0.188. The Bertz CT molecular complexity index is 676. The zero-order valence-electron chi connectivity index (χ0n) is 11.6. The summed E-state index contributed by atoms with van der Waals surface area (Å²) >= 11 is 5.79. The molecule has 0 radical (unpaired) electrons. The van der Waals surface area contributed by atoms with E-state index >= 15 is 0 Å². The number of aromatic nitrogens is 2. The first kappa shape index (κ1) is 14.4. The zero-order chi connectivity index (χ0) is 14.7. The monoisotopic (exact) mass is 286 g/mol. The summed E-state index contributed by atoms with van der Waals surface area (Å²) in [4.78, 5) is 20.8. The molecular weight excluding hydrogens is 272 g/mol. The van der Waals surface area contributed by atoms with E-state index in [4.69, 9.17) is 11.6 Å². The van der Waals surface area contributed by atoms with Crippen molar-refractivity contribution >= 4 is 23.5 Å². The van der Waals surface area contributed by atoms with Crippen molar-refractivity contribution in [1.29, 1.82) is 0 Å². The summed E-state index contributed by atoms with van der Waals surface area (Å²) in [7, 11) is 0. The van der Waals surface area contributed by atoms with E-state index in [1.54, 1.807) is 30.3 Å². The predicted octanol–water partition coefficient (Wildman–Crippen LogP) is 3.95. The molecule has 1 heterocycles. The lowest BCUT2D eigenvalue weighted by atomic mass is 10.1. The van der Waals surface area contributed by atoms with Crippen molar-refractivity contribution in [3.05, 3.63) is 63.7 Å². The van der Waals surface area contributed by atoms with E-state index in [0.29, 0.717) is 10.6 Å². The molecule has 0 saturated carbocycles. The number of aryl methyl sites for hydroxylation is 3. The van der Waals surface area contributed by atoms with Gasteiger partial charge in [-0.3, -0.25) is 9.78 Å². The molecule has 0 spiro atoms. The van der Waals surface area contributed by atoms with Crippen molar-refractivity contribution in [3.8, 4) is 0 Å². The molecule has 3 nitrogen and oxygen atoms in total. The minimum absolute atomic E-state index is 0.0823. The summed E-state index contributed by atoms with van der Waals surface area (Å²) in [6.07, 6.45) is 3.21. The summed E-state index contributed by atoms with van der Waals surface area (Å²) in [5, 5.41) is 0.612. The highest BCUT2D eigenvalue weighted by molar-refractivity contribution is 6.30. The van der Waals surface area contributed by atoms with Gasteiger partial charge in [0.25, 0.3) is 0 Å². The molecular formula is C16H15ClN2O. The average molecular weight is 287 g/mol. The van der Waals surface area contributed by atoms with Crippen molar-refractivity contribution < 1.29 is 4.79 Å². The van der Waals surface area contributed by atoms with E-state index in [-0.39, 0.29) is 5.78 Å². The van der Waals surface area contributed by atoms with Gasteiger partial charge in [-0.25, -0.2) is 4.98 Å². The van der Waals surface area contributed by atoms with Crippen LogP contribution in [0.3, 0.4) is 0 Å². The Morgan fingerprint density at radius 1 is 1.00 bits per heavy atom. The second-order valence-corrected chi connectivity index (χ2v) is 5.01. The first-order chi connectivity index (χ1) is 9.47. The summed E-state index contributed by atoms with van der Waals surface area (Å²) in [6.45, 7) is 5.70. The van der Waals surface area contributed by atoms with Crippen LogP contribution in [-0.4, -0.2) is 15.8 Å². The molecule has 2 rings (SSSR count). The number of hydrogen-bond donors (Lipinski definition) is 0. The number of rotatable bonds is 3. The number of nitrogens with zero attached hydrogens (tertiary/aromatic N) is 2. The van der Waals surface area contributed by atoms with Crippen LogP contribution in [0.4, 0.5) is 0 Å². The minimum Gasteiger partial charge on any atom is -0.289 e. The van der Waals surface area contributed by atoms with Gasteiger partial charge in [0.05, 0.1) is 22.8 Å². The molecule has 0 fully saturated rings. The summed E-state index contributed by atoms with van der Waals surface area (Å²) in [5.74, 6) is -0.0823. The van der Waals surface area contributed by atoms with Crippen molar-refractivity contribution in [1.82, 2.24) is 9.97 Å². The Balaban J connectivity index is 2.23. The number of hydrogen-bond acceptors (Lipinski definition) is 3. The van der Waals surface area contributed by atoms with Gasteiger partial charge in [0.2, 0.25) is 0 Å². The van der Waals surface area contributed by atoms with Crippen LogP contribution in [0.5, 0.6) is 0 Å². The highest BCUT2D eigenvalue weighted by Crippen LogP contribution is 2.12. The molecule has 0 aliphatic rings. The Kier molecular flexibility index (Phi) is 4.30. The topological polar surface area (TPSA) is 42.9 Å². The van der Waals surface area contributed by atoms with Gasteiger partial charge in [0, 0.05) is 10.6 Å². The first-order valence-electron chi connectivity index (χ1n) is 6.27. The van der Waals surface area contributed by atoms with Crippen molar-refractivity contribution in [3.63, 3.8) is 0 Å². The standard InChI is InChI=1S/C16H15ClN2O/c1-10-11(2)19-15(12(3)18-10)8-9-16(20)13-4-6-14(17)7-5-13/h4-9H,1-3H3. The number of carbonyl (C=O) groups excluding carboxylic acids is 1. The molecule has 0 amide bonds. The van der Waals surface area contributed by atoms with E-state index in [2.05, 4.69) is 9.97 Å². The van der Waals surface area contributed by atoms with Gasteiger partial charge < -0.3 is 0 Å². The average Bonchev–Trinajstić information content (AvgIpc) is 2.42. The van der Waals surface area contributed by atoms with Gasteiger partial charge in [-0.1, -0.05) is 11.6 Å². The smallest absolute Gasteiger partial charge is 0.185 e. The van der Waals surface area contributed by atoms with Crippen LogP contribution in [0.1, 0.15) is 33.1 Å². The molecule has 0 bridgehead atoms. The zero-order valence-corrected chi connectivity index (χ0v) is 12.4. The van der Waals surface area contributed by atoms with Crippen LogP contribution in [0.25, 0.3) is 6.08 Å². The summed E-state index contributed by atoms with van der Waals surface area (Å²) < 4.78 is 0. The van der Waals surface area contributed by atoms with Gasteiger partial charge in [0.15, 0.2) is 5.78 Å². The molecule has 0 saturated heterocycles. The summed E-state index contributed by atoms with van der Waals surface area (Å²) in [6, 6.07) is 6.80. The predicted molar refractivity (Wildman–Crippen MR) is 81.1 cm³/mol. The molecule has 20 heavy (non-hydrogen) atoms. The molecule has 102 valence electrons. The number of allylic oxidation sites excluding steroid dienone is 1. The fourth-order valence-corrected chi connectivity index (χ4v) is 1.88. The molecule has 0 aliphatic carbocycles. The SMILES string of the molecule is Cc1nc(C)c(C=CC(=O)c2ccc(Cl)cc2)nc1C. The van der Waals surface area contributed by atoms with E-state index in [1.165, 1.54) is 6.08 Å². The number of halogens is 1. The van der Waals surface area contributed by atoms with E-state index in [1.807, 2.05) is 20.8 Å². The van der Waals surface area contributed by atoms with Crippen LogP contribution in [0.15, 0.2) is 30.3 Å². The van der Waals surface area contributed by atoms with Gasteiger partial charge in [-0.05, 0) is 57.2 Å². The van der Waals surface area contributed by atoms with Gasteiger partial charge in [0.1, 0.15) is 0 Å². The van der Waals surface area contributed by atoms with Gasteiger partial charge in [-0.15, -0.1) is 0 Å². The van der Waals surface area contributed by atoms with Gasteiger partial charge in [-0.2, -0.15) is 0 Å². The lowest BCUT2D eigenvalue weighted by Gasteiger charge is -2.03. The maximum absolute atomic E-state index is 12.0. The summed E-state index contributed by atoms with van der Waals surface area (Å²) in [5.41, 5.74) is 3.90. The Morgan fingerprint density at radius 3 is 2.25 bits per heavy atom. The molecule has 0 atom stereocenters. The molecule has 1 aromatic carbocycles. The molecule has 1 aromatic heterocycles. The molecule has 0 unspecified atom stereocenters. The van der Waals surface area contributed by atoms with Crippen molar-refractivity contribution in [2.75, 3.05) is 0 Å². The quantitative estimate of drug-likeness (QED) is 0.634. The highest BCUT2D eigenvalue weighted by Gasteiger charge is 2.05. The highest BCUT2D eigenvalue weighted by atomic mass is 35.5. The second kappa shape index (κ2) is 5.97. The fourth-order valence-electron chi connectivity index (χ4n) is 1.76. The Labute approximate surface area is 123 Å². The number of carbonyl (C=O) groups is 1. The first-order valence-corrected chi connectivity index (χ1v) is 6.65. The van der Waals surface area contributed by atoms with Crippen LogP contribution >= 0.6 is 11.6 Å². The van der Waals surface area contributed by atoms with Crippen LogP contribution in [-0.2, 0) is 0 Å². The number of benzene rings is 1. The second-order valence-electron chi connectivity index (χ2n) is 4.57.